The lowest BCUT2D eigenvalue weighted by molar-refractivity contribution is 0.527. The van der Waals surface area contributed by atoms with Gasteiger partial charge in [0.2, 0.25) is 0 Å². The van der Waals surface area contributed by atoms with Crippen molar-refractivity contribution in [2.75, 3.05) is 6.54 Å². The van der Waals surface area contributed by atoms with Crippen molar-refractivity contribution in [2.45, 2.75) is 32.7 Å². The van der Waals surface area contributed by atoms with Crippen molar-refractivity contribution < 1.29 is 4.39 Å². The van der Waals surface area contributed by atoms with Crippen LogP contribution < -0.4 is 5.32 Å². The maximum Gasteiger partial charge on any atom is 0.123 e. The Hall–Kier alpha value is -1.38. The molecule has 3 heteroatoms. The highest BCUT2D eigenvalue weighted by Crippen LogP contribution is 2.24. The second-order valence-electron chi connectivity index (χ2n) is 5.36. The SMILES string of the molecule is CCCNC(Cc1cc(F)ccc1Cl)c1ccc(C)cc1. The standard InChI is InChI=1S/C18H21ClFN/c1-3-10-21-18(14-6-4-13(2)5-7-14)12-15-11-16(20)8-9-17(15)19/h4-9,11,18,21H,3,10,12H2,1-2H3. The molecule has 0 saturated carbocycles. The summed E-state index contributed by atoms with van der Waals surface area (Å²) >= 11 is 6.19. The van der Waals surface area contributed by atoms with Crippen LogP contribution in [-0.2, 0) is 6.42 Å². The number of nitrogens with one attached hydrogen (secondary N) is 1. The first-order valence-electron chi connectivity index (χ1n) is 7.34. The van der Waals surface area contributed by atoms with Gasteiger partial charge in [-0.3, -0.25) is 0 Å². The largest absolute Gasteiger partial charge is 0.310 e. The normalized spacial score (nSPS) is 12.4. The van der Waals surface area contributed by atoms with E-state index < -0.39 is 0 Å². The van der Waals surface area contributed by atoms with Crippen LogP contribution in [0.25, 0.3) is 0 Å². The lowest BCUT2D eigenvalue weighted by Gasteiger charge is -2.20. The van der Waals surface area contributed by atoms with Gasteiger partial charge in [-0.15, -0.1) is 0 Å². The van der Waals surface area contributed by atoms with Crippen LogP contribution in [0.1, 0.15) is 36.1 Å². The molecule has 2 aromatic carbocycles. The van der Waals surface area contributed by atoms with Gasteiger partial charge in [0.25, 0.3) is 0 Å². The fraction of sp³-hybridized carbons (Fsp3) is 0.333. The fourth-order valence-corrected chi connectivity index (χ4v) is 2.54. The van der Waals surface area contributed by atoms with E-state index in [9.17, 15) is 4.39 Å². The molecule has 2 rings (SSSR count). The van der Waals surface area contributed by atoms with Crippen molar-refractivity contribution in [3.8, 4) is 0 Å². The molecule has 1 N–H and O–H groups in total. The van der Waals surface area contributed by atoms with Gasteiger partial charge < -0.3 is 5.32 Å². The van der Waals surface area contributed by atoms with Crippen molar-refractivity contribution in [3.63, 3.8) is 0 Å². The Kier molecular flexibility index (Phi) is 5.77. The smallest absolute Gasteiger partial charge is 0.123 e. The summed E-state index contributed by atoms with van der Waals surface area (Å²) in [5, 5.41) is 4.14. The van der Waals surface area contributed by atoms with Gasteiger partial charge in [-0.2, -0.15) is 0 Å². The summed E-state index contributed by atoms with van der Waals surface area (Å²) in [6.45, 7) is 5.13. The Labute approximate surface area is 131 Å². The van der Waals surface area contributed by atoms with Crippen molar-refractivity contribution >= 4 is 11.6 Å². The maximum absolute atomic E-state index is 13.4. The second kappa shape index (κ2) is 7.58. The van der Waals surface area contributed by atoms with Gasteiger partial charge in [0.05, 0.1) is 0 Å². The van der Waals surface area contributed by atoms with Crippen LogP contribution in [0.5, 0.6) is 0 Å². The van der Waals surface area contributed by atoms with Crippen molar-refractivity contribution in [3.05, 3.63) is 70.0 Å². The van der Waals surface area contributed by atoms with Crippen molar-refractivity contribution in [1.82, 2.24) is 5.32 Å². The van der Waals surface area contributed by atoms with E-state index >= 15 is 0 Å². The van der Waals surface area contributed by atoms with Gasteiger partial charge >= 0.3 is 0 Å². The lowest BCUT2D eigenvalue weighted by atomic mass is 9.97. The first kappa shape index (κ1) is 16.0. The van der Waals surface area contributed by atoms with Crippen molar-refractivity contribution in [2.24, 2.45) is 0 Å². The van der Waals surface area contributed by atoms with E-state index in [1.165, 1.54) is 23.3 Å². The molecule has 1 atom stereocenters. The Morgan fingerprint density at radius 2 is 1.86 bits per heavy atom. The van der Waals surface area contributed by atoms with Gasteiger partial charge in [0.1, 0.15) is 5.82 Å². The molecule has 1 unspecified atom stereocenters. The van der Waals surface area contributed by atoms with Crippen LogP contribution in [0.4, 0.5) is 4.39 Å². The van der Waals surface area contributed by atoms with Gasteiger partial charge in [-0.1, -0.05) is 48.4 Å². The molecule has 0 spiro atoms. The number of benzene rings is 2. The first-order chi connectivity index (χ1) is 10.1. The molecular formula is C18H21ClFN. The van der Waals surface area contributed by atoms with E-state index in [4.69, 9.17) is 11.6 Å². The molecular weight excluding hydrogens is 285 g/mol. The summed E-state index contributed by atoms with van der Waals surface area (Å²) in [5.74, 6) is -0.243. The highest BCUT2D eigenvalue weighted by atomic mass is 35.5. The number of hydrogen-bond donors (Lipinski definition) is 1. The monoisotopic (exact) mass is 305 g/mol. The topological polar surface area (TPSA) is 12.0 Å². The van der Waals surface area contributed by atoms with E-state index in [2.05, 4.69) is 43.4 Å². The zero-order valence-corrected chi connectivity index (χ0v) is 13.3. The third kappa shape index (κ3) is 4.55. The summed E-state index contributed by atoms with van der Waals surface area (Å²) in [6, 6.07) is 13.1. The molecule has 112 valence electrons. The van der Waals surface area contributed by atoms with Crippen LogP contribution in [-0.4, -0.2) is 6.54 Å². The molecule has 0 aliphatic rings. The van der Waals surface area contributed by atoms with Gasteiger partial charge in [0, 0.05) is 11.1 Å². The van der Waals surface area contributed by atoms with Crippen molar-refractivity contribution in [1.29, 1.82) is 0 Å². The van der Waals surface area contributed by atoms with Gasteiger partial charge in [0.15, 0.2) is 0 Å². The molecule has 0 aliphatic heterocycles. The van der Waals surface area contributed by atoms with E-state index in [0.29, 0.717) is 11.4 Å². The summed E-state index contributed by atoms with van der Waals surface area (Å²) in [5.41, 5.74) is 3.28. The Morgan fingerprint density at radius 3 is 2.52 bits per heavy atom. The zero-order valence-electron chi connectivity index (χ0n) is 12.5. The van der Waals surface area contributed by atoms with E-state index in [0.717, 1.165) is 18.5 Å². The summed E-state index contributed by atoms with van der Waals surface area (Å²) in [6.07, 6.45) is 1.74. The minimum Gasteiger partial charge on any atom is -0.310 e. The number of rotatable bonds is 6. The van der Waals surface area contributed by atoms with E-state index in [1.54, 1.807) is 6.07 Å². The Balaban J connectivity index is 2.23. The minimum atomic E-state index is -0.243. The lowest BCUT2D eigenvalue weighted by Crippen LogP contribution is -2.24. The Bertz CT molecular complexity index is 580. The molecule has 0 radical (unpaired) electrons. The molecule has 21 heavy (non-hydrogen) atoms. The van der Waals surface area contributed by atoms with E-state index in [-0.39, 0.29) is 11.9 Å². The predicted octanol–water partition coefficient (Wildman–Crippen LogP) is 5.07. The van der Waals surface area contributed by atoms with E-state index in [1.807, 2.05) is 0 Å². The minimum absolute atomic E-state index is 0.143. The second-order valence-corrected chi connectivity index (χ2v) is 5.76. The van der Waals surface area contributed by atoms with Crippen LogP contribution in [0.15, 0.2) is 42.5 Å². The Morgan fingerprint density at radius 1 is 1.14 bits per heavy atom. The van der Waals surface area contributed by atoms with Crippen LogP contribution in [0, 0.1) is 12.7 Å². The average molecular weight is 306 g/mol. The molecule has 0 aromatic heterocycles. The molecule has 0 amide bonds. The number of hydrogen-bond acceptors (Lipinski definition) is 1. The first-order valence-corrected chi connectivity index (χ1v) is 7.72. The third-order valence-electron chi connectivity index (χ3n) is 3.55. The quantitative estimate of drug-likeness (QED) is 0.785. The molecule has 0 saturated heterocycles. The third-order valence-corrected chi connectivity index (χ3v) is 3.92. The summed E-state index contributed by atoms with van der Waals surface area (Å²) < 4.78 is 13.4. The number of halogens is 2. The summed E-state index contributed by atoms with van der Waals surface area (Å²) in [4.78, 5) is 0. The van der Waals surface area contributed by atoms with Crippen LogP contribution >= 0.6 is 11.6 Å². The molecule has 1 nitrogen and oxygen atoms in total. The zero-order chi connectivity index (χ0) is 15.2. The summed E-state index contributed by atoms with van der Waals surface area (Å²) in [7, 11) is 0. The van der Waals surface area contributed by atoms with Crippen LogP contribution in [0.3, 0.4) is 0 Å². The molecule has 0 aliphatic carbocycles. The fourth-order valence-electron chi connectivity index (χ4n) is 2.34. The van der Waals surface area contributed by atoms with Gasteiger partial charge in [-0.05, 0) is 55.6 Å². The maximum atomic E-state index is 13.4. The molecule has 0 heterocycles. The average Bonchev–Trinajstić information content (AvgIpc) is 2.48. The highest BCUT2D eigenvalue weighted by molar-refractivity contribution is 6.31. The molecule has 0 fully saturated rings. The predicted molar refractivity (Wildman–Crippen MR) is 87.3 cm³/mol. The molecule has 2 aromatic rings. The molecule has 0 bridgehead atoms. The highest BCUT2D eigenvalue weighted by Gasteiger charge is 2.14. The van der Waals surface area contributed by atoms with Crippen LogP contribution in [0.2, 0.25) is 5.02 Å². The van der Waals surface area contributed by atoms with Gasteiger partial charge in [-0.25, -0.2) is 4.39 Å². The number of aryl methyl sites for hydroxylation is 1.